The van der Waals surface area contributed by atoms with E-state index in [-0.39, 0.29) is 5.41 Å². The molecule has 0 aromatic rings. The lowest BCUT2D eigenvalue weighted by Gasteiger charge is -2.36. The number of ether oxygens (including phenoxy) is 2. The topological polar surface area (TPSA) is 42.2 Å². The summed E-state index contributed by atoms with van der Waals surface area (Å²) in [5.74, 6) is 1.56. The van der Waals surface area contributed by atoms with Crippen LogP contribution in [0.4, 0.5) is 0 Å². The zero-order chi connectivity index (χ0) is 14.1. The Kier molecular flexibility index (Phi) is 7.41. The molecule has 1 aliphatic rings. The Morgan fingerprint density at radius 1 is 1.21 bits per heavy atom. The van der Waals surface area contributed by atoms with Crippen molar-refractivity contribution >= 4 is 0 Å². The van der Waals surface area contributed by atoms with Crippen molar-refractivity contribution in [1.29, 1.82) is 5.26 Å². The van der Waals surface area contributed by atoms with Gasteiger partial charge in [0, 0.05) is 26.9 Å². The Balaban J connectivity index is 2.24. The third-order valence-electron chi connectivity index (χ3n) is 4.53. The van der Waals surface area contributed by atoms with Crippen LogP contribution >= 0.6 is 0 Å². The van der Waals surface area contributed by atoms with Gasteiger partial charge in [-0.05, 0) is 50.4 Å². The third-order valence-corrected chi connectivity index (χ3v) is 4.53. The fourth-order valence-electron chi connectivity index (χ4n) is 2.95. The Hall–Kier alpha value is -0.590. The molecule has 0 unspecified atom stereocenters. The highest BCUT2D eigenvalue weighted by atomic mass is 16.5. The van der Waals surface area contributed by atoms with E-state index in [1.54, 1.807) is 7.11 Å². The smallest absolute Gasteiger partial charge is 0.0690 e. The van der Waals surface area contributed by atoms with Crippen molar-refractivity contribution in [3.05, 3.63) is 0 Å². The highest BCUT2D eigenvalue weighted by Crippen LogP contribution is 2.43. The van der Waals surface area contributed by atoms with Gasteiger partial charge in [0.1, 0.15) is 0 Å². The van der Waals surface area contributed by atoms with Gasteiger partial charge in [0.2, 0.25) is 0 Å². The molecule has 3 heteroatoms. The first-order valence-electron chi connectivity index (χ1n) is 7.61. The summed E-state index contributed by atoms with van der Waals surface area (Å²) in [6, 6.07) is 2.57. The predicted molar refractivity (Wildman–Crippen MR) is 76.8 cm³/mol. The summed E-state index contributed by atoms with van der Waals surface area (Å²) in [5.41, 5.74) is -0.118. The number of nitriles is 1. The first-order chi connectivity index (χ1) is 9.13. The molecule has 0 saturated heterocycles. The van der Waals surface area contributed by atoms with Crippen LogP contribution in [0.15, 0.2) is 0 Å². The second-order valence-corrected chi connectivity index (χ2v) is 6.18. The molecule has 0 aromatic heterocycles. The van der Waals surface area contributed by atoms with Crippen LogP contribution in [0.25, 0.3) is 0 Å². The summed E-state index contributed by atoms with van der Waals surface area (Å²) < 4.78 is 10.6. The summed E-state index contributed by atoms with van der Waals surface area (Å²) in [6.45, 7) is 6.79. The molecule has 110 valence electrons. The molecular weight excluding hydrogens is 238 g/mol. The fourth-order valence-corrected chi connectivity index (χ4v) is 2.95. The third kappa shape index (κ3) is 5.50. The maximum atomic E-state index is 9.48. The Bertz CT molecular complexity index is 275. The van der Waals surface area contributed by atoms with E-state index in [0.717, 1.165) is 50.7 Å². The van der Waals surface area contributed by atoms with E-state index in [9.17, 15) is 5.26 Å². The van der Waals surface area contributed by atoms with Gasteiger partial charge >= 0.3 is 0 Å². The van der Waals surface area contributed by atoms with Gasteiger partial charge in [0.05, 0.1) is 11.5 Å². The summed E-state index contributed by atoms with van der Waals surface area (Å²) in [7, 11) is 1.71. The van der Waals surface area contributed by atoms with Crippen LogP contribution in [-0.4, -0.2) is 26.9 Å². The summed E-state index contributed by atoms with van der Waals surface area (Å²) >= 11 is 0. The number of nitrogens with zero attached hydrogens (tertiary/aromatic N) is 1. The monoisotopic (exact) mass is 267 g/mol. The largest absolute Gasteiger partial charge is 0.385 e. The maximum Gasteiger partial charge on any atom is 0.0690 e. The van der Waals surface area contributed by atoms with Crippen molar-refractivity contribution in [2.24, 2.45) is 17.3 Å². The zero-order valence-corrected chi connectivity index (χ0v) is 12.8. The van der Waals surface area contributed by atoms with Crippen LogP contribution in [-0.2, 0) is 9.47 Å². The van der Waals surface area contributed by atoms with Crippen LogP contribution in [0.3, 0.4) is 0 Å². The lowest BCUT2D eigenvalue weighted by atomic mass is 9.67. The van der Waals surface area contributed by atoms with Crippen LogP contribution in [0.1, 0.15) is 52.4 Å². The van der Waals surface area contributed by atoms with Crippen LogP contribution in [0.2, 0.25) is 0 Å². The first kappa shape index (κ1) is 16.5. The number of methoxy groups -OCH3 is 1. The number of hydrogen-bond donors (Lipinski definition) is 0. The van der Waals surface area contributed by atoms with Crippen molar-refractivity contribution < 1.29 is 9.47 Å². The van der Waals surface area contributed by atoms with Gasteiger partial charge in [-0.2, -0.15) is 5.26 Å². The second kappa shape index (κ2) is 8.55. The van der Waals surface area contributed by atoms with E-state index in [1.807, 2.05) is 0 Å². The van der Waals surface area contributed by atoms with Gasteiger partial charge in [-0.1, -0.05) is 13.8 Å². The molecule has 1 rings (SSSR count). The van der Waals surface area contributed by atoms with Gasteiger partial charge in [0.15, 0.2) is 0 Å². The average Bonchev–Trinajstić information content (AvgIpc) is 2.43. The van der Waals surface area contributed by atoms with Crippen molar-refractivity contribution in [3.63, 3.8) is 0 Å². The molecule has 1 fully saturated rings. The minimum Gasteiger partial charge on any atom is -0.385 e. The Morgan fingerprint density at radius 2 is 1.89 bits per heavy atom. The molecule has 1 saturated carbocycles. The standard InChI is InChI=1S/C16H29NO2/c1-14(2)15-5-7-16(13-17,8-6-15)9-12-19-11-4-10-18-3/h14-15H,4-12H2,1-3H3. The number of rotatable bonds is 8. The number of hydrogen-bond acceptors (Lipinski definition) is 3. The minimum absolute atomic E-state index is 0.118. The van der Waals surface area contributed by atoms with Crippen LogP contribution in [0, 0.1) is 28.6 Å². The fraction of sp³-hybridized carbons (Fsp3) is 0.938. The molecular formula is C16H29NO2. The molecule has 1 aliphatic carbocycles. The molecule has 0 N–H and O–H groups in total. The second-order valence-electron chi connectivity index (χ2n) is 6.18. The SMILES string of the molecule is COCCCOCCC1(C#N)CCC(C(C)C)CC1. The van der Waals surface area contributed by atoms with E-state index >= 15 is 0 Å². The molecule has 0 spiro atoms. The molecule has 3 nitrogen and oxygen atoms in total. The van der Waals surface area contributed by atoms with Gasteiger partial charge in [-0.25, -0.2) is 0 Å². The van der Waals surface area contributed by atoms with Gasteiger partial charge in [-0.15, -0.1) is 0 Å². The maximum absolute atomic E-state index is 9.48. The normalized spacial score (nSPS) is 27.4. The van der Waals surface area contributed by atoms with E-state index in [4.69, 9.17) is 9.47 Å². The highest BCUT2D eigenvalue weighted by molar-refractivity contribution is 5.01. The van der Waals surface area contributed by atoms with Crippen LogP contribution < -0.4 is 0 Å². The van der Waals surface area contributed by atoms with Crippen molar-refractivity contribution in [2.75, 3.05) is 26.9 Å². The molecule has 0 bridgehead atoms. The van der Waals surface area contributed by atoms with Gasteiger partial charge < -0.3 is 9.47 Å². The lowest BCUT2D eigenvalue weighted by molar-refractivity contribution is 0.0704. The molecule has 0 heterocycles. The van der Waals surface area contributed by atoms with Crippen LogP contribution in [0.5, 0.6) is 0 Å². The van der Waals surface area contributed by atoms with E-state index in [2.05, 4.69) is 19.9 Å². The quantitative estimate of drug-likeness (QED) is 0.628. The molecule has 0 atom stereocenters. The van der Waals surface area contributed by atoms with Crippen molar-refractivity contribution in [3.8, 4) is 6.07 Å². The van der Waals surface area contributed by atoms with Gasteiger partial charge in [0.25, 0.3) is 0 Å². The summed E-state index contributed by atoms with van der Waals surface area (Å²) in [4.78, 5) is 0. The van der Waals surface area contributed by atoms with E-state index < -0.39 is 0 Å². The average molecular weight is 267 g/mol. The summed E-state index contributed by atoms with van der Waals surface area (Å²) in [6.07, 6.45) is 6.33. The lowest BCUT2D eigenvalue weighted by Crippen LogP contribution is -2.29. The van der Waals surface area contributed by atoms with Crippen molar-refractivity contribution in [2.45, 2.75) is 52.4 Å². The molecule has 0 aliphatic heterocycles. The van der Waals surface area contributed by atoms with E-state index in [0.29, 0.717) is 6.61 Å². The van der Waals surface area contributed by atoms with Gasteiger partial charge in [-0.3, -0.25) is 0 Å². The molecule has 0 aromatic carbocycles. The first-order valence-corrected chi connectivity index (χ1v) is 7.61. The molecule has 0 amide bonds. The Labute approximate surface area is 118 Å². The minimum atomic E-state index is -0.118. The zero-order valence-electron chi connectivity index (χ0n) is 12.8. The molecule has 19 heavy (non-hydrogen) atoms. The highest BCUT2D eigenvalue weighted by Gasteiger charge is 2.35. The van der Waals surface area contributed by atoms with Crippen molar-refractivity contribution in [1.82, 2.24) is 0 Å². The molecule has 0 radical (unpaired) electrons. The predicted octanol–water partition coefficient (Wildman–Crippen LogP) is 3.79. The van der Waals surface area contributed by atoms with E-state index in [1.165, 1.54) is 12.8 Å². The Morgan fingerprint density at radius 3 is 2.42 bits per heavy atom. The summed E-state index contributed by atoms with van der Waals surface area (Å²) in [5, 5.41) is 9.48.